The van der Waals surface area contributed by atoms with Gasteiger partial charge in [-0.25, -0.2) is 13.8 Å². The number of hydrogen-bond acceptors (Lipinski definition) is 7. The fourth-order valence-corrected chi connectivity index (χ4v) is 4.42. The lowest BCUT2D eigenvalue weighted by Crippen LogP contribution is -2.19. The molecule has 1 aromatic carbocycles. The Morgan fingerprint density at radius 2 is 1.83 bits per heavy atom. The van der Waals surface area contributed by atoms with Crippen LogP contribution in [-0.2, 0) is 17.8 Å². The number of benzene rings is 1. The molecule has 1 amide bonds. The first-order chi connectivity index (χ1) is 17.1. The average molecular weight is 521 g/mol. The highest BCUT2D eigenvalue weighted by Crippen LogP contribution is 2.47. The summed E-state index contributed by atoms with van der Waals surface area (Å²) in [6, 6.07) is 3.45. The van der Waals surface area contributed by atoms with Crippen molar-refractivity contribution >= 4 is 44.7 Å². The van der Waals surface area contributed by atoms with Crippen LogP contribution >= 0.6 is 11.3 Å². The van der Waals surface area contributed by atoms with E-state index < -0.39 is 45.4 Å². The normalized spacial score (nSPS) is 11.4. The van der Waals surface area contributed by atoms with Gasteiger partial charge in [0.15, 0.2) is 29.0 Å². The number of nitrogens with zero attached hydrogens (tertiary/aromatic N) is 3. The van der Waals surface area contributed by atoms with Crippen LogP contribution in [0.2, 0.25) is 0 Å². The Morgan fingerprint density at radius 3 is 2.44 bits per heavy atom. The minimum absolute atomic E-state index is 0.239. The number of anilines is 3. The molecule has 8 nitrogen and oxygen atoms in total. The number of aryl methyl sites for hydroxylation is 1. The first-order valence-corrected chi connectivity index (χ1v) is 11.0. The van der Waals surface area contributed by atoms with Crippen LogP contribution in [0.5, 0.6) is 11.5 Å². The van der Waals surface area contributed by atoms with Gasteiger partial charge in [0.1, 0.15) is 17.1 Å². The summed E-state index contributed by atoms with van der Waals surface area (Å²) in [7, 11) is 3.80. The summed E-state index contributed by atoms with van der Waals surface area (Å²) in [6.45, 7) is 3.39. The summed E-state index contributed by atoms with van der Waals surface area (Å²) in [5.74, 6) is -8.20. The molecule has 0 unspecified atom stereocenters. The van der Waals surface area contributed by atoms with Crippen LogP contribution < -0.4 is 20.1 Å². The Kier molecular flexibility index (Phi) is 6.59. The van der Waals surface area contributed by atoms with Crippen molar-refractivity contribution in [3.8, 4) is 11.5 Å². The number of thiophene rings is 1. The van der Waals surface area contributed by atoms with Gasteiger partial charge in [-0.3, -0.25) is 9.48 Å². The number of alkyl halides is 2. The van der Waals surface area contributed by atoms with Gasteiger partial charge in [0.2, 0.25) is 5.91 Å². The van der Waals surface area contributed by atoms with Gasteiger partial charge in [0.05, 0.1) is 30.0 Å². The molecule has 188 valence electrons. The van der Waals surface area contributed by atoms with Gasteiger partial charge in [-0.2, -0.15) is 13.9 Å². The van der Waals surface area contributed by atoms with Crippen molar-refractivity contribution in [2.24, 2.45) is 7.05 Å². The van der Waals surface area contributed by atoms with E-state index in [4.69, 9.17) is 9.47 Å². The standard InChI is InChI=1S/C23H19F4N5O3S/c1-5-18(33)29-12-10-32(2)31-22(12)30-17-7-11-6-16(36-15(11)9-28-17)23(26,27)19-20(24)13(34-3)8-14(35-4)21(19)25/h5-10H,1H2,2-4H3,(H,29,33)(H,28,30,31). The second-order valence-electron chi connectivity index (χ2n) is 7.46. The largest absolute Gasteiger partial charge is 0.494 e. The molecule has 0 spiro atoms. The smallest absolute Gasteiger partial charge is 0.313 e. The molecule has 0 atom stereocenters. The number of nitrogens with one attached hydrogen (secondary N) is 2. The summed E-state index contributed by atoms with van der Waals surface area (Å²) < 4.78 is 71.9. The molecule has 36 heavy (non-hydrogen) atoms. The van der Waals surface area contributed by atoms with E-state index in [0.717, 1.165) is 32.4 Å². The monoisotopic (exact) mass is 521 g/mol. The Labute approximate surface area is 206 Å². The third-order valence-electron chi connectivity index (χ3n) is 5.12. The molecule has 0 aliphatic carbocycles. The summed E-state index contributed by atoms with van der Waals surface area (Å²) in [4.78, 5) is 15.2. The van der Waals surface area contributed by atoms with Crippen LogP contribution in [0.25, 0.3) is 10.1 Å². The number of methoxy groups -OCH3 is 2. The number of amides is 1. The third-order valence-corrected chi connectivity index (χ3v) is 6.27. The van der Waals surface area contributed by atoms with E-state index in [0.29, 0.717) is 27.1 Å². The van der Waals surface area contributed by atoms with Crippen LogP contribution in [0.3, 0.4) is 0 Å². The van der Waals surface area contributed by atoms with Crippen molar-refractivity contribution in [3.63, 3.8) is 0 Å². The van der Waals surface area contributed by atoms with Crippen molar-refractivity contribution in [2.45, 2.75) is 5.92 Å². The van der Waals surface area contributed by atoms with Crippen LogP contribution in [0.15, 0.2) is 43.2 Å². The molecule has 3 heterocycles. The Hall–Kier alpha value is -4.13. The zero-order valence-electron chi connectivity index (χ0n) is 19.2. The Morgan fingerprint density at radius 1 is 1.17 bits per heavy atom. The number of rotatable bonds is 8. The molecular formula is C23H19F4N5O3S. The van der Waals surface area contributed by atoms with Gasteiger partial charge in [0, 0.05) is 19.3 Å². The number of fused-ring (bicyclic) bond motifs is 1. The second-order valence-corrected chi connectivity index (χ2v) is 8.54. The summed E-state index contributed by atoms with van der Waals surface area (Å²) >= 11 is 0.634. The first kappa shape index (κ1) is 25.0. The third kappa shape index (κ3) is 4.44. The molecule has 0 bridgehead atoms. The molecule has 3 aromatic heterocycles. The lowest BCUT2D eigenvalue weighted by molar-refractivity contribution is -0.111. The van der Waals surface area contributed by atoms with E-state index >= 15 is 8.78 Å². The molecule has 0 aliphatic heterocycles. The van der Waals surface area contributed by atoms with Gasteiger partial charge in [0.25, 0.3) is 0 Å². The van der Waals surface area contributed by atoms with Gasteiger partial charge in [-0.05, 0) is 23.6 Å². The van der Waals surface area contributed by atoms with Crippen molar-refractivity contribution in [3.05, 3.63) is 65.3 Å². The van der Waals surface area contributed by atoms with Gasteiger partial charge < -0.3 is 20.1 Å². The molecule has 0 fully saturated rings. The molecule has 4 aromatic rings. The highest BCUT2D eigenvalue weighted by molar-refractivity contribution is 7.19. The zero-order valence-corrected chi connectivity index (χ0v) is 20.0. The molecular weight excluding hydrogens is 502 g/mol. The minimum Gasteiger partial charge on any atom is -0.494 e. The predicted molar refractivity (Wildman–Crippen MR) is 127 cm³/mol. The van der Waals surface area contributed by atoms with Gasteiger partial charge >= 0.3 is 5.92 Å². The minimum atomic E-state index is -4.05. The molecule has 0 radical (unpaired) electrons. The van der Waals surface area contributed by atoms with Crippen molar-refractivity contribution < 1.29 is 31.8 Å². The van der Waals surface area contributed by atoms with Gasteiger partial charge in [-0.15, -0.1) is 11.3 Å². The number of ether oxygens (including phenoxy) is 2. The topological polar surface area (TPSA) is 90.3 Å². The molecule has 0 saturated heterocycles. The van der Waals surface area contributed by atoms with Crippen molar-refractivity contribution in [2.75, 3.05) is 24.9 Å². The fraction of sp³-hybridized carbons (Fsp3) is 0.174. The van der Waals surface area contributed by atoms with E-state index in [9.17, 15) is 13.6 Å². The number of carbonyl (C=O) groups is 1. The predicted octanol–water partition coefficient (Wildman–Crippen LogP) is 5.33. The van der Waals surface area contributed by atoms with E-state index in [2.05, 4.69) is 27.3 Å². The highest BCUT2D eigenvalue weighted by atomic mass is 32.1. The molecule has 13 heteroatoms. The quantitative estimate of drug-likeness (QED) is 0.241. The maximum Gasteiger partial charge on any atom is 0.313 e. The van der Waals surface area contributed by atoms with Crippen molar-refractivity contribution in [1.29, 1.82) is 0 Å². The number of aromatic nitrogens is 3. The Balaban J connectivity index is 1.72. The number of carbonyl (C=O) groups excluding carboxylic acids is 1. The fourth-order valence-electron chi connectivity index (χ4n) is 3.43. The van der Waals surface area contributed by atoms with E-state index in [1.54, 1.807) is 13.2 Å². The summed E-state index contributed by atoms with van der Waals surface area (Å²) in [5, 5.41) is 10.1. The number of halogens is 4. The average Bonchev–Trinajstić information content (AvgIpc) is 3.42. The first-order valence-electron chi connectivity index (χ1n) is 10.2. The lowest BCUT2D eigenvalue weighted by Gasteiger charge is -2.19. The highest BCUT2D eigenvalue weighted by Gasteiger charge is 2.44. The Bertz CT molecular complexity index is 1460. The van der Waals surface area contributed by atoms with Crippen LogP contribution in [0, 0.1) is 11.6 Å². The maximum absolute atomic E-state index is 15.5. The molecule has 0 aliphatic rings. The molecule has 2 N–H and O–H groups in total. The van der Waals surface area contributed by atoms with E-state index in [1.807, 2.05) is 0 Å². The molecule has 0 saturated carbocycles. The van der Waals surface area contributed by atoms with Crippen LogP contribution in [0.4, 0.5) is 34.9 Å². The summed E-state index contributed by atoms with van der Waals surface area (Å²) in [5.41, 5.74) is -1.13. The molecule has 4 rings (SSSR count). The number of hydrogen-bond donors (Lipinski definition) is 2. The summed E-state index contributed by atoms with van der Waals surface area (Å²) in [6.07, 6.45) is 3.99. The zero-order chi connectivity index (χ0) is 26.2. The van der Waals surface area contributed by atoms with Crippen LogP contribution in [-0.4, -0.2) is 34.9 Å². The SMILES string of the molecule is C=CC(=O)Nc1cn(C)nc1Nc1cc2cc(C(F)(F)c3c(F)c(OC)cc(OC)c3F)sc2cn1. The van der Waals surface area contributed by atoms with Gasteiger partial charge in [-0.1, -0.05) is 6.58 Å². The second kappa shape index (κ2) is 9.49. The lowest BCUT2D eigenvalue weighted by atomic mass is 10.0. The maximum atomic E-state index is 15.5. The van der Waals surface area contributed by atoms with Crippen LogP contribution in [0.1, 0.15) is 10.4 Å². The van der Waals surface area contributed by atoms with E-state index in [1.165, 1.54) is 16.9 Å². The number of pyridine rings is 1. The van der Waals surface area contributed by atoms with Crippen molar-refractivity contribution in [1.82, 2.24) is 14.8 Å². The van der Waals surface area contributed by atoms with E-state index in [-0.39, 0.29) is 11.6 Å².